The fourth-order valence-corrected chi connectivity index (χ4v) is 3.12. The van der Waals surface area contributed by atoms with Gasteiger partial charge in [-0.05, 0) is 37.1 Å². The number of rotatable bonds is 6. The van der Waals surface area contributed by atoms with Gasteiger partial charge in [0.2, 0.25) is 0 Å². The van der Waals surface area contributed by atoms with E-state index in [1.54, 1.807) is 17.1 Å². The first-order valence-corrected chi connectivity index (χ1v) is 9.22. The highest BCUT2D eigenvalue weighted by Gasteiger charge is 2.34. The van der Waals surface area contributed by atoms with E-state index in [0.29, 0.717) is 44.4 Å². The van der Waals surface area contributed by atoms with E-state index in [-0.39, 0.29) is 30.0 Å². The predicted molar refractivity (Wildman–Crippen MR) is 116 cm³/mol. The fourth-order valence-electron chi connectivity index (χ4n) is 3.12. The molecule has 1 aliphatic rings. The van der Waals surface area contributed by atoms with Crippen LogP contribution in [0.5, 0.6) is 0 Å². The van der Waals surface area contributed by atoms with Gasteiger partial charge < -0.3 is 10.6 Å². The van der Waals surface area contributed by atoms with Crippen LogP contribution in [0.1, 0.15) is 18.9 Å². The SMILES string of the molecule is CCNC(=NCc1ccnc(-n2cccn2)c1)NC1CCN(CC(F)(F)F)C1.I. The number of aliphatic imine (C=N–C) groups is 1. The lowest BCUT2D eigenvalue weighted by atomic mass is 10.2. The average molecular weight is 523 g/mol. The Morgan fingerprint density at radius 1 is 1.34 bits per heavy atom. The number of halogens is 4. The summed E-state index contributed by atoms with van der Waals surface area (Å²) in [6, 6.07) is 5.54. The van der Waals surface area contributed by atoms with Crippen molar-refractivity contribution >= 4 is 29.9 Å². The van der Waals surface area contributed by atoms with Crippen LogP contribution in [-0.2, 0) is 6.54 Å². The van der Waals surface area contributed by atoms with Gasteiger partial charge in [-0.3, -0.25) is 4.90 Å². The van der Waals surface area contributed by atoms with Gasteiger partial charge >= 0.3 is 6.18 Å². The number of guanidine groups is 1. The van der Waals surface area contributed by atoms with Crippen LogP contribution in [0.15, 0.2) is 41.8 Å². The minimum absolute atomic E-state index is 0. The zero-order valence-electron chi connectivity index (χ0n) is 16.1. The van der Waals surface area contributed by atoms with Crippen molar-refractivity contribution in [3.05, 3.63) is 42.4 Å². The normalized spacial score (nSPS) is 17.8. The van der Waals surface area contributed by atoms with Gasteiger partial charge in [0.15, 0.2) is 11.8 Å². The minimum atomic E-state index is -4.17. The van der Waals surface area contributed by atoms with Crippen molar-refractivity contribution in [3.63, 3.8) is 0 Å². The molecule has 0 aliphatic carbocycles. The summed E-state index contributed by atoms with van der Waals surface area (Å²) in [5.74, 6) is 1.30. The summed E-state index contributed by atoms with van der Waals surface area (Å²) >= 11 is 0. The first kappa shape index (κ1) is 23.4. The molecule has 3 rings (SSSR count). The number of pyridine rings is 1. The van der Waals surface area contributed by atoms with Gasteiger partial charge in [0.1, 0.15) is 0 Å². The van der Waals surface area contributed by atoms with Gasteiger partial charge in [0, 0.05) is 44.3 Å². The van der Waals surface area contributed by atoms with Gasteiger partial charge in [0.25, 0.3) is 0 Å². The third kappa shape index (κ3) is 7.46. The van der Waals surface area contributed by atoms with Crippen molar-refractivity contribution in [2.24, 2.45) is 4.99 Å². The molecule has 1 atom stereocenters. The monoisotopic (exact) mass is 523 g/mol. The summed E-state index contributed by atoms with van der Waals surface area (Å²) in [5.41, 5.74) is 0.961. The van der Waals surface area contributed by atoms with Crippen molar-refractivity contribution in [3.8, 4) is 5.82 Å². The zero-order valence-corrected chi connectivity index (χ0v) is 18.4. The molecule has 1 saturated heterocycles. The molecule has 0 bridgehead atoms. The van der Waals surface area contributed by atoms with Gasteiger partial charge in [0.05, 0.1) is 13.1 Å². The number of nitrogens with zero attached hydrogens (tertiary/aromatic N) is 5. The minimum Gasteiger partial charge on any atom is -0.357 e. The number of hydrogen-bond acceptors (Lipinski definition) is 4. The summed E-state index contributed by atoms with van der Waals surface area (Å²) < 4.78 is 39.3. The molecule has 0 spiro atoms. The zero-order chi connectivity index (χ0) is 20.0. The Morgan fingerprint density at radius 2 is 2.17 bits per heavy atom. The first-order chi connectivity index (χ1) is 13.4. The molecule has 2 N–H and O–H groups in total. The van der Waals surface area contributed by atoms with Crippen molar-refractivity contribution in [2.75, 3.05) is 26.2 Å². The van der Waals surface area contributed by atoms with E-state index in [0.717, 1.165) is 5.56 Å². The Morgan fingerprint density at radius 3 is 2.86 bits per heavy atom. The molecule has 160 valence electrons. The van der Waals surface area contributed by atoms with E-state index in [2.05, 4.69) is 25.7 Å². The van der Waals surface area contributed by atoms with Gasteiger partial charge in [-0.2, -0.15) is 18.3 Å². The molecule has 0 amide bonds. The second-order valence-electron chi connectivity index (χ2n) is 6.65. The third-order valence-electron chi connectivity index (χ3n) is 4.33. The Balaban J connectivity index is 0.00000300. The molecule has 0 radical (unpaired) electrons. The Bertz CT molecular complexity index is 780. The molecule has 3 heterocycles. The van der Waals surface area contributed by atoms with E-state index in [1.165, 1.54) is 4.90 Å². The lowest BCUT2D eigenvalue weighted by Crippen LogP contribution is -2.45. The van der Waals surface area contributed by atoms with Gasteiger partial charge in [-0.1, -0.05) is 0 Å². The molecule has 1 unspecified atom stereocenters. The maximum Gasteiger partial charge on any atom is 0.401 e. The Kier molecular flexibility index (Phi) is 8.68. The lowest BCUT2D eigenvalue weighted by Gasteiger charge is -2.19. The highest BCUT2D eigenvalue weighted by atomic mass is 127. The number of hydrogen-bond donors (Lipinski definition) is 2. The number of alkyl halides is 3. The molecule has 1 aliphatic heterocycles. The maximum absolute atomic E-state index is 12.6. The quantitative estimate of drug-likeness (QED) is 0.346. The number of nitrogens with one attached hydrogen (secondary N) is 2. The Labute approximate surface area is 184 Å². The molecule has 0 aromatic carbocycles. The summed E-state index contributed by atoms with van der Waals surface area (Å²) in [4.78, 5) is 10.3. The van der Waals surface area contributed by atoms with Crippen molar-refractivity contribution in [1.82, 2.24) is 30.3 Å². The van der Waals surface area contributed by atoms with Crippen LogP contribution >= 0.6 is 24.0 Å². The van der Waals surface area contributed by atoms with Gasteiger partial charge in [-0.15, -0.1) is 24.0 Å². The molecular formula is C18H25F3IN7. The van der Waals surface area contributed by atoms with Crippen LogP contribution < -0.4 is 10.6 Å². The average Bonchev–Trinajstić information content (AvgIpc) is 3.31. The van der Waals surface area contributed by atoms with Crippen molar-refractivity contribution in [1.29, 1.82) is 0 Å². The highest BCUT2D eigenvalue weighted by molar-refractivity contribution is 14.0. The summed E-state index contributed by atoms with van der Waals surface area (Å²) in [5, 5.41) is 10.6. The molecule has 2 aromatic rings. The topological polar surface area (TPSA) is 70.4 Å². The first-order valence-electron chi connectivity index (χ1n) is 9.22. The van der Waals surface area contributed by atoms with E-state index in [4.69, 9.17) is 0 Å². The summed E-state index contributed by atoms with van der Waals surface area (Å²) in [6.07, 6.45) is 1.69. The maximum atomic E-state index is 12.6. The molecule has 0 saturated carbocycles. The standard InChI is InChI=1S/C18H24F3N7.HI/c1-2-22-17(26-15-5-9-27(12-15)13-18(19,20)21)24-11-14-4-7-23-16(10-14)28-8-3-6-25-28;/h3-4,6-8,10,15H,2,5,9,11-13H2,1H3,(H2,22,24,26);1H. The van der Waals surface area contributed by atoms with Crippen LogP contribution in [-0.4, -0.2) is 64.0 Å². The fraction of sp³-hybridized carbons (Fsp3) is 0.500. The van der Waals surface area contributed by atoms with Gasteiger partial charge in [-0.25, -0.2) is 14.7 Å². The molecule has 11 heteroatoms. The van der Waals surface area contributed by atoms with E-state index >= 15 is 0 Å². The molecule has 29 heavy (non-hydrogen) atoms. The smallest absolute Gasteiger partial charge is 0.357 e. The highest BCUT2D eigenvalue weighted by Crippen LogP contribution is 2.20. The number of likely N-dealkylation sites (tertiary alicyclic amines) is 1. The van der Waals surface area contributed by atoms with E-state index in [9.17, 15) is 13.2 Å². The van der Waals surface area contributed by atoms with Crippen molar-refractivity contribution < 1.29 is 13.2 Å². The third-order valence-corrected chi connectivity index (χ3v) is 4.33. The van der Waals surface area contributed by atoms with E-state index < -0.39 is 12.7 Å². The second-order valence-corrected chi connectivity index (χ2v) is 6.65. The van der Waals surface area contributed by atoms with Crippen LogP contribution in [0.25, 0.3) is 5.82 Å². The summed E-state index contributed by atoms with van der Waals surface area (Å²) in [6.45, 7) is 2.94. The molecular weight excluding hydrogens is 498 g/mol. The predicted octanol–water partition coefficient (Wildman–Crippen LogP) is 2.58. The summed E-state index contributed by atoms with van der Waals surface area (Å²) in [7, 11) is 0. The number of aromatic nitrogens is 3. The van der Waals surface area contributed by atoms with Crippen LogP contribution in [0.3, 0.4) is 0 Å². The molecule has 2 aromatic heterocycles. The molecule has 1 fully saturated rings. The van der Waals surface area contributed by atoms with E-state index in [1.807, 2.05) is 31.3 Å². The van der Waals surface area contributed by atoms with Crippen molar-refractivity contribution in [2.45, 2.75) is 32.1 Å². The van der Waals surface area contributed by atoms with Crippen LogP contribution in [0.2, 0.25) is 0 Å². The van der Waals surface area contributed by atoms with Crippen LogP contribution in [0, 0.1) is 0 Å². The lowest BCUT2D eigenvalue weighted by molar-refractivity contribution is -0.143. The molecule has 7 nitrogen and oxygen atoms in total. The second kappa shape index (κ2) is 10.8. The van der Waals surface area contributed by atoms with Crippen LogP contribution in [0.4, 0.5) is 13.2 Å². The Hall–Kier alpha value is -1.89. The largest absolute Gasteiger partial charge is 0.401 e.